The average molecular weight is 526 g/mol. The molecule has 2 aromatic rings. The van der Waals surface area contributed by atoms with Gasteiger partial charge in [-0.25, -0.2) is 24.5 Å². The number of nitrogens with one attached hydrogen (secondary N) is 1. The van der Waals surface area contributed by atoms with E-state index in [0.717, 1.165) is 37.3 Å². The highest BCUT2D eigenvalue weighted by molar-refractivity contribution is 5.97. The Balaban J connectivity index is 1.33. The topological polar surface area (TPSA) is 60.3 Å². The predicted molar refractivity (Wildman–Crippen MR) is 136 cm³/mol. The van der Waals surface area contributed by atoms with Crippen molar-refractivity contribution in [3.8, 4) is 0 Å². The molecule has 4 rings (SSSR count). The molecule has 1 unspecified atom stereocenters. The van der Waals surface area contributed by atoms with Gasteiger partial charge in [0.2, 0.25) is 0 Å². The summed E-state index contributed by atoms with van der Waals surface area (Å²) in [5.74, 6) is -2.77. The molecular formula is C28H30F3N5O2. The molecule has 10 heteroatoms. The summed E-state index contributed by atoms with van der Waals surface area (Å²) in [5.41, 5.74) is 0.744. The Morgan fingerprint density at radius 1 is 1.08 bits per heavy atom. The Morgan fingerprint density at radius 3 is 2.39 bits per heavy atom. The highest BCUT2D eigenvalue weighted by Crippen LogP contribution is 2.37. The number of carbonyl (C=O) groups is 2. The van der Waals surface area contributed by atoms with E-state index in [-0.39, 0.29) is 17.4 Å². The van der Waals surface area contributed by atoms with Gasteiger partial charge in [-0.1, -0.05) is 6.07 Å². The molecule has 0 spiro atoms. The van der Waals surface area contributed by atoms with Crippen molar-refractivity contribution >= 4 is 11.9 Å². The minimum Gasteiger partial charge on any atom is -0.352 e. The summed E-state index contributed by atoms with van der Waals surface area (Å²) < 4.78 is 40.7. The minimum atomic E-state index is -1.05. The van der Waals surface area contributed by atoms with Crippen LogP contribution in [-0.2, 0) is 10.3 Å². The van der Waals surface area contributed by atoms with E-state index in [0.29, 0.717) is 31.4 Å². The number of hydrogen-bond donors (Lipinski definition) is 1. The van der Waals surface area contributed by atoms with Gasteiger partial charge in [0.1, 0.15) is 5.82 Å². The molecule has 1 atom stereocenters. The molecule has 0 aromatic heterocycles. The standard InChI is InChI=1S/C28H30F3N5O2/c1-32-28(20-6-8-21(29)9-7-20)11-15-36(16-12-28)14-4-13-33-26(37)22-18-34(2)27(38)35(3)25(22)19-5-10-23(30)24(31)17-19/h5-10,17-18,25H,4,11-16H2,2-3H3,(H,33,37). The van der Waals surface area contributed by atoms with Crippen molar-refractivity contribution in [2.75, 3.05) is 40.3 Å². The lowest BCUT2D eigenvalue weighted by atomic mass is 9.81. The zero-order chi connectivity index (χ0) is 27.4. The zero-order valence-electron chi connectivity index (χ0n) is 21.4. The quantitative estimate of drug-likeness (QED) is 0.430. The van der Waals surface area contributed by atoms with Crippen LogP contribution in [0.2, 0.25) is 0 Å². The van der Waals surface area contributed by atoms with Crippen molar-refractivity contribution in [3.05, 3.63) is 94.2 Å². The molecule has 7 nitrogen and oxygen atoms in total. The molecule has 2 aliphatic heterocycles. The number of rotatable bonds is 7. The Kier molecular flexibility index (Phi) is 8.07. The third kappa shape index (κ3) is 5.53. The van der Waals surface area contributed by atoms with Gasteiger partial charge < -0.3 is 24.9 Å². The van der Waals surface area contributed by atoms with Crippen molar-refractivity contribution in [1.82, 2.24) is 20.0 Å². The van der Waals surface area contributed by atoms with Crippen LogP contribution in [-0.4, -0.2) is 66.9 Å². The maximum atomic E-state index is 13.9. The summed E-state index contributed by atoms with van der Waals surface area (Å²) >= 11 is 0. The predicted octanol–water partition coefficient (Wildman–Crippen LogP) is 4.44. The molecule has 0 radical (unpaired) electrons. The van der Waals surface area contributed by atoms with Gasteiger partial charge in [-0.15, -0.1) is 0 Å². The number of likely N-dealkylation sites (tertiary alicyclic amines) is 1. The number of nitrogens with zero attached hydrogens (tertiary/aromatic N) is 4. The molecule has 2 aromatic carbocycles. The van der Waals surface area contributed by atoms with Crippen LogP contribution in [0, 0.1) is 24.0 Å². The van der Waals surface area contributed by atoms with E-state index >= 15 is 0 Å². The molecule has 0 bridgehead atoms. The van der Waals surface area contributed by atoms with E-state index in [1.165, 1.54) is 48.3 Å². The van der Waals surface area contributed by atoms with Crippen LogP contribution in [0.1, 0.15) is 36.4 Å². The van der Waals surface area contributed by atoms with Gasteiger partial charge >= 0.3 is 6.03 Å². The Morgan fingerprint density at radius 2 is 1.76 bits per heavy atom. The SMILES string of the molecule is [C-]#[N+]C1(c2ccc(F)cc2)CCN(CCCNC(=O)C2=CN(C)C(=O)N(C)C2c2ccc(F)c(F)c2)CC1. The van der Waals surface area contributed by atoms with Crippen molar-refractivity contribution in [2.45, 2.75) is 30.8 Å². The van der Waals surface area contributed by atoms with E-state index < -0.39 is 29.1 Å². The fourth-order valence-electron chi connectivity index (χ4n) is 5.15. The van der Waals surface area contributed by atoms with Crippen LogP contribution in [0.3, 0.4) is 0 Å². The summed E-state index contributed by atoms with van der Waals surface area (Å²) in [7, 11) is 3.04. The average Bonchev–Trinajstić information content (AvgIpc) is 2.92. The van der Waals surface area contributed by atoms with Crippen LogP contribution < -0.4 is 5.32 Å². The van der Waals surface area contributed by atoms with Gasteiger partial charge in [0.05, 0.1) is 11.6 Å². The van der Waals surface area contributed by atoms with E-state index in [4.69, 9.17) is 6.57 Å². The third-order valence-electron chi connectivity index (χ3n) is 7.36. The number of benzene rings is 2. The van der Waals surface area contributed by atoms with Crippen LogP contribution in [0.5, 0.6) is 0 Å². The fraction of sp³-hybridized carbons (Fsp3) is 0.393. The van der Waals surface area contributed by atoms with E-state index in [1.54, 1.807) is 12.1 Å². The van der Waals surface area contributed by atoms with Crippen LogP contribution in [0.15, 0.2) is 54.2 Å². The maximum Gasteiger partial charge on any atom is 0.324 e. The molecular weight excluding hydrogens is 495 g/mol. The summed E-state index contributed by atoms with van der Waals surface area (Å²) in [4.78, 5) is 34.4. The number of hydrogen-bond acceptors (Lipinski definition) is 3. The van der Waals surface area contributed by atoms with Gasteiger partial charge in [0.25, 0.3) is 11.4 Å². The molecule has 200 valence electrons. The van der Waals surface area contributed by atoms with Crippen molar-refractivity contribution in [3.63, 3.8) is 0 Å². The first-order valence-electron chi connectivity index (χ1n) is 12.5. The highest BCUT2D eigenvalue weighted by Gasteiger charge is 2.42. The van der Waals surface area contributed by atoms with Crippen molar-refractivity contribution < 1.29 is 22.8 Å². The Labute approximate surface area is 220 Å². The van der Waals surface area contributed by atoms with Gasteiger partial charge in [-0.3, -0.25) is 4.79 Å². The summed E-state index contributed by atoms with van der Waals surface area (Å²) in [6.07, 6.45) is 3.38. The van der Waals surface area contributed by atoms with E-state index in [1.807, 2.05) is 0 Å². The lowest BCUT2D eigenvalue weighted by Gasteiger charge is -2.37. The molecule has 0 saturated carbocycles. The highest BCUT2D eigenvalue weighted by atomic mass is 19.2. The number of urea groups is 1. The first-order chi connectivity index (χ1) is 18.1. The zero-order valence-corrected chi connectivity index (χ0v) is 21.4. The van der Waals surface area contributed by atoms with Gasteiger partial charge in [0.15, 0.2) is 11.6 Å². The van der Waals surface area contributed by atoms with Crippen molar-refractivity contribution in [1.29, 1.82) is 0 Å². The monoisotopic (exact) mass is 525 g/mol. The van der Waals surface area contributed by atoms with Crippen LogP contribution in [0.25, 0.3) is 4.85 Å². The molecule has 2 heterocycles. The lowest BCUT2D eigenvalue weighted by molar-refractivity contribution is -0.118. The molecule has 1 N–H and O–H groups in total. The number of amides is 3. The molecule has 3 amide bonds. The fourth-order valence-corrected chi connectivity index (χ4v) is 5.15. The van der Waals surface area contributed by atoms with Gasteiger partial charge in [-0.2, -0.15) is 0 Å². The maximum absolute atomic E-state index is 13.9. The number of piperidine rings is 1. The van der Waals surface area contributed by atoms with E-state index in [9.17, 15) is 22.8 Å². The second-order valence-electron chi connectivity index (χ2n) is 9.77. The third-order valence-corrected chi connectivity index (χ3v) is 7.36. The second kappa shape index (κ2) is 11.3. The van der Waals surface area contributed by atoms with Crippen molar-refractivity contribution in [2.24, 2.45) is 0 Å². The summed E-state index contributed by atoms with van der Waals surface area (Å²) in [6.45, 7) is 10.3. The molecule has 2 aliphatic rings. The smallest absolute Gasteiger partial charge is 0.324 e. The van der Waals surface area contributed by atoms with Crippen LogP contribution >= 0.6 is 0 Å². The normalized spacial score (nSPS) is 19.6. The lowest BCUT2D eigenvalue weighted by Crippen LogP contribution is -2.46. The summed E-state index contributed by atoms with van der Waals surface area (Å²) in [5, 5.41) is 2.88. The van der Waals surface area contributed by atoms with E-state index in [2.05, 4.69) is 15.1 Å². The van der Waals surface area contributed by atoms with Gasteiger partial charge in [0, 0.05) is 58.3 Å². The number of likely N-dealkylation sites (N-methyl/N-ethyl adjacent to an activating group) is 1. The largest absolute Gasteiger partial charge is 0.352 e. The first-order valence-corrected chi connectivity index (χ1v) is 12.5. The Bertz CT molecular complexity index is 1270. The Hall–Kier alpha value is -3.84. The summed E-state index contributed by atoms with van der Waals surface area (Å²) in [6, 6.07) is 8.27. The molecule has 38 heavy (non-hydrogen) atoms. The number of halogens is 3. The van der Waals surface area contributed by atoms with Crippen LogP contribution in [0.4, 0.5) is 18.0 Å². The first kappa shape index (κ1) is 27.2. The van der Waals surface area contributed by atoms with Gasteiger partial charge in [-0.05, 0) is 54.9 Å². The molecule has 1 saturated heterocycles. The molecule has 1 fully saturated rings. The number of carbonyl (C=O) groups excluding carboxylic acids is 2. The second-order valence-corrected chi connectivity index (χ2v) is 9.77. The minimum absolute atomic E-state index is 0.250. The molecule has 0 aliphatic carbocycles.